The van der Waals surface area contributed by atoms with E-state index < -0.39 is 0 Å². The zero-order valence-electron chi connectivity index (χ0n) is 6.92. The van der Waals surface area contributed by atoms with Gasteiger partial charge in [0.1, 0.15) is 0 Å². The van der Waals surface area contributed by atoms with E-state index in [0.717, 1.165) is 24.7 Å². The third-order valence-electron chi connectivity index (χ3n) is 1.69. The average Bonchev–Trinajstić information content (AvgIpc) is 2.61. The van der Waals surface area contributed by atoms with Gasteiger partial charge in [-0.05, 0) is 12.1 Å². The summed E-state index contributed by atoms with van der Waals surface area (Å²) in [7, 11) is 0. The van der Waals surface area contributed by atoms with Gasteiger partial charge in [0.2, 0.25) is 0 Å². The monoisotopic (exact) mass is 196 g/mol. The van der Waals surface area contributed by atoms with Crippen molar-refractivity contribution in [3.63, 3.8) is 0 Å². The summed E-state index contributed by atoms with van der Waals surface area (Å²) >= 11 is 5.85. The number of anilines is 1. The van der Waals surface area contributed by atoms with Gasteiger partial charge in [0.25, 0.3) is 0 Å². The average molecular weight is 197 g/mol. The minimum absolute atomic E-state index is 0.457. The maximum Gasteiger partial charge on any atom is 0.196 e. The van der Waals surface area contributed by atoms with Crippen LogP contribution in [0.1, 0.15) is 0 Å². The Hall–Kier alpha value is -1.29. The van der Waals surface area contributed by atoms with Gasteiger partial charge < -0.3 is 10.6 Å². The molecule has 0 amide bonds. The molecule has 0 atom stereocenters. The Morgan fingerprint density at radius 3 is 3.15 bits per heavy atom. The predicted molar refractivity (Wildman–Crippen MR) is 53.2 cm³/mol. The first kappa shape index (κ1) is 8.31. The summed E-state index contributed by atoms with van der Waals surface area (Å²) in [6.45, 7) is 1.68. The summed E-state index contributed by atoms with van der Waals surface area (Å²) in [6.07, 6.45) is 1.65. The standard InChI is InChI=1S/C8H9ClN4/c9-7-6(2-1-3-10-7)13-8-11-4-5-12-8/h1-3H,4-5H2,(H2,11,12,13). The second-order valence-electron chi connectivity index (χ2n) is 2.62. The number of rotatable bonds is 1. The molecule has 5 heteroatoms. The number of halogens is 1. The number of nitrogens with one attached hydrogen (secondary N) is 2. The Morgan fingerprint density at radius 2 is 2.46 bits per heavy atom. The van der Waals surface area contributed by atoms with E-state index in [1.54, 1.807) is 6.20 Å². The fraction of sp³-hybridized carbons (Fsp3) is 0.250. The van der Waals surface area contributed by atoms with Crippen LogP contribution >= 0.6 is 11.6 Å². The predicted octanol–water partition coefficient (Wildman–Crippen LogP) is 1.11. The van der Waals surface area contributed by atoms with Crippen LogP contribution in [0.2, 0.25) is 5.15 Å². The second kappa shape index (κ2) is 3.62. The van der Waals surface area contributed by atoms with Crippen molar-refractivity contribution in [2.75, 3.05) is 18.4 Å². The Bertz CT molecular complexity index is 337. The summed E-state index contributed by atoms with van der Waals surface area (Å²) in [5.41, 5.74) is 0.775. The number of pyridine rings is 1. The maximum absolute atomic E-state index is 5.85. The van der Waals surface area contributed by atoms with Gasteiger partial charge in [-0.2, -0.15) is 0 Å². The van der Waals surface area contributed by atoms with Crippen LogP contribution in [0.4, 0.5) is 5.69 Å². The lowest BCUT2D eigenvalue weighted by Crippen LogP contribution is -2.26. The quantitative estimate of drug-likeness (QED) is 0.662. The molecule has 2 rings (SSSR count). The molecular formula is C8H9ClN4. The molecule has 0 unspecified atom stereocenters. The molecule has 13 heavy (non-hydrogen) atoms. The van der Waals surface area contributed by atoms with Crippen molar-refractivity contribution in [2.24, 2.45) is 4.99 Å². The first-order valence-electron chi connectivity index (χ1n) is 4.02. The molecule has 0 radical (unpaired) electrons. The van der Waals surface area contributed by atoms with Crippen molar-refractivity contribution in [1.82, 2.24) is 10.3 Å². The minimum atomic E-state index is 0.457. The van der Waals surface area contributed by atoms with E-state index in [1.807, 2.05) is 12.1 Å². The fourth-order valence-electron chi connectivity index (χ4n) is 1.09. The van der Waals surface area contributed by atoms with Gasteiger partial charge >= 0.3 is 0 Å². The SMILES string of the molecule is Clc1ncccc1NC1=NCCN1. The van der Waals surface area contributed by atoms with Gasteiger partial charge in [-0.1, -0.05) is 11.6 Å². The van der Waals surface area contributed by atoms with Crippen LogP contribution in [0.3, 0.4) is 0 Å². The molecule has 2 heterocycles. The maximum atomic E-state index is 5.85. The van der Waals surface area contributed by atoms with Crippen molar-refractivity contribution >= 4 is 23.2 Å². The third-order valence-corrected chi connectivity index (χ3v) is 1.99. The summed E-state index contributed by atoms with van der Waals surface area (Å²) < 4.78 is 0. The van der Waals surface area contributed by atoms with Crippen LogP contribution < -0.4 is 10.6 Å². The molecule has 1 aliphatic heterocycles. The topological polar surface area (TPSA) is 49.3 Å². The highest BCUT2D eigenvalue weighted by Gasteiger charge is 2.06. The van der Waals surface area contributed by atoms with Crippen molar-refractivity contribution in [3.8, 4) is 0 Å². The van der Waals surface area contributed by atoms with Crippen LogP contribution in [-0.4, -0.2) is 24.0 Å². The van der Waals surface area contributed by atoms with Crippen molar-refractivity contribution < 1.29 is 0 Å². The van der Waals surface area contributed by atoms with Crippen LogP contribution in [0.25, 0.3) is 0 Å². The summed E-state index contributed by atoms with van der Waals surface area (Å²) in [5.74, 6) is 0.759. The number of nitrogens with zero attached hydrogens (tertiary/aromatic N) is 2. The summed E-state index contributed by atoms with van der Waals surface area (Å²) in [5, 5.41) is 6.60. The van der Waals surface area contributed by atoms with E-state index in [4.69, 9.17) is 11.6 Å². The van der Waals surface area contributed by atoms with E-state index in [0.29, 0.717) is 5.15 Å². The highest BCUT2D eigenvalue weighted by atomic mass is 35.5. The van der Waals surface area contributed by atoms with E-state index in [2.05, 4.69) is 20.6 Å². The molecule has 0 saturated carbocycles. The second-order valence-corrected chi connectivity index (χ2v) is 2.98. The number of aliphatic imine (C=N–C) groups is 1. The number of hydrogen-bond acceptors (Lipinski definition) is 4. The van der Waals surface area contributed by atoms with Gasteiger partial charge in [0.15, 0.2) is 11.1 Å². The van der Waals surface area contributed by atoms with Crippen molar-refractivity contribution in [3.05, 3.63) is 23.5 Å². The molecule has 1 aromatic rings. The van der Waals surface area contributed by atoms with E-state index >= 15 is 0 Å². The Balaban J connectivity index is 2.13. The van der Waals surface area contributed by atoms with Gasteiger partial charge in [-0.25, -0.2) is 4.98 Å². The molecule has 0 aliphatic carbocycles. The summed E-state index contributed by atoms with van der Waals surface area (Å²) in [4.78, 5) is 8.12. The van der Waals surface area contributed by atoms with Gasteiger partial charge in [-0.3, -0.25) is 4.99 Å². The molecular weight excluding hydrogens is 188 g/mol. The van der Waals surface area contributed by atoms with E-state index in [-0.39, 0.29) is 0 Å². The molecule has 0 saturated heterocycles. The Morgan fingerprint density at radius 1 is 1.54 bits per heavy atom. The smallest absolute Gasteiger partial charge is 0.196 e. The molecule has 4 nitrogen and oxygen atoms in total. The lowest BCUT2D eigenvalue weighted by Gasteiger charge is -2.06. The Kier molecular flexibility index (Phi) is 2.31. The largest absolute Gasteiger partial charge is 0.354 e. The van der Waals surface area contributed by atoms with Crippen LogP contribution in [0.15, 0.2) is 23.3 Å². The molecule has 1 aliphatic rings. The van der Waals surface area contributed by atoms with Gasteiger partial charge in [0.05, 0.1) is 12.2 Å². The van der Waals surface area contributed by atoms with Crippen molar-refractivity contribution in [1.29, 1.82) is 0 Å². The van der Waals surface area contributed by atoms with Crippen LogP contribution in [0, 0.1) is 0 Å². The van der Waals surface area contributed by atoms with Crippen LogP contribution in [-0.2, 0) is 0 Å². The lowest BCUT2D eigenvalue weighted by molar-refractivity contribution is 0.959. The minimum Gasteiger partial charge on any atom is -0.354 e. The van der Waals surface area contributed by atoms with E-state index in [9.17, 15) is 0 Å². The molecule has 0 spiro atoms. The van der Waals surface area contributed by atoms with Gasteiger partial charge in [-0.15, -0.1) is 0 Å². The highest BCUT2D eigenvalue weighted by molar-refractivity contribution is 6.32. The highest BCUT2D eigenvalue weighted by Crippen LogP contribution is 2.17. The first-order chi connectivity index (χ1) is 6.36. The molecule has 68 valence electrons. The number of guanidine groups is 1. The third kappa shape index (κ3) is 1.89. The normalized spacial score (nSPS) is 15.0. The summed E-state index contributed by atoms with van der Waals surface area (Å²) in [6, 6.07) is 3.68. The lowest BCUT2D eigenvalue weighted by atomic mass is 10.4. The van der Waals surface area contributed by atoms with Gasteiger partial charge in [0, 0.05) is 12.7 Å². The molecule has 2 N–H and O–H groups in total. The zero-order chi connectivity index (χ0) is 9.10. The van der Waals surface area contributed by atoms with Crippen LogP contribution in [0.5, 0.6) is 0 Å². The van der Waals surface area contributed by atoms with Crippen molar-refractivity contribution in [2.45, 2.75) is 0 Å². The molecule has 1 aromatic heterocycles. The molecule has 0 bridgehead atoms. The number of aromatic nitrogens is 1. The first-order valence-corrected chi connectivity index (χ1v) is 4.40. The molecule has 0 fully saturated rings. The fourth-order valence-corrected chi connectivity index (χ4v) is 1.26. The zero-order valence-corrected chi connectivity index (χ0v) is 7.67. The van der Waals surface area contributed by atoms with E-state index in [1.165, 1.54) is 0 Å². The number of hydrogen-bond donors (Lipinski definition) is 2. The Labute approximate surface area is 81.0 Å². The molecule has 0 aromatic carbocycles.